The van der Waals surface area contributed by atoms with Gasteiger partial charge in [0.2, 0.25) is 0 Å². The minimum atomic E-state index is -1.62. The van der Waals surface area contributed by atoms with Gasteiger partial charge in [0.05, 0.1) is 6.54 Å². The summed E-state index contributed by atoms with van der Waals surface area (Å²) in [6, 6.07) is 9.30. The van der Waals surface area contributed by atoms with Gasteiger partial charge in [-0.25, -0.2) is 4.79 Å². The molecule has 0 unspecified atom stereocenters. The number of benzene rings is 1. The van der Waals surface area contributed by atoms with Gasteiger partial charge in [-0.15, -0.1) is 0 Å². The van der Waals surface area contributed by atoms with E-state index in [9.17, 15) is 14.7 Å². The van der Waals surface area contributed by atoms with Crippen LogP contribution in [0.15, 0.2) is 42.6 Å². The van der Waals surface area contributed by atoms with Gasteiger partial charge >= 0.3 is 5.97 Å². The number of nitrogens with zero attached hydrogens (tertiary/aromatic N) is 2. The first kappa shape index (κ1) is 14.5. The third-order valence-electron chi connectivity index (χ3n) is 2.91. The maximum atomic E-state index is 11.1. The number of carboxylic acid groups (broad SMARTS) is 1. The van der Waals surface area contributed by atoms with E-state index in [2.05, 4.69) is 5.10 Å². The van der Waals surface area contributed by atoms with Crippen LogP contribution in [0.1, 0.15) is 16.8 Å². The smallest absolute Gasteiger partial charge is 0.376 e. The zero-order valence-corrected chi connectivity index (χ0v) is 11.4. The highest BCUT2D eigenvalue weighted by molar-refractivity contribution is 6.38. The maximum Gasteiger partial charge on any atom is 0.376 e. The number of hydrogen-bond donors (Lipinski definition) is 2. The van der Waals surface area contributed by atoms with Gasteiger partial charge in [-0.2, -0.15) is 5.10 Å². The second kappa shape index (κ2) is 6.04. The fourth-order valence-electron chi connectivity index (χ4n) is 1.80. The average Bonchev–Trinajstić information content (AvgIpc) is 2.89. The van der Waals surface area contributed by atoms with E-state index >= 15 is 0 Å². The number of ketones is 1. The van der Waals surface area contributed by atoms with E-state index in [4.69, 9.17) is 5.11 Å². The van der Waals surface area contributed by atoms with Crippen LogP contribution in [0.5, 0.6) is 0 Å². The molecule has 1 aromatic heterocycles. The molecule has 2 rings (SSSR count). The number of aryl methyl sites for hydroxylation is 1. The molecule has 6 nitrogen and oxygen atoms in total. The Morgan fingerprint density at radius 3 is 2.48 bits per heavy atom. The summed E-state index contributed by atoms with van der Waals surface area (Å²) in [7, 11) is 0. The van der Waals surface area contributed by atoms with Crippen molar-refractivity contribution in [2.75, 3.05) is 0 Å². The first-order valence-corrected chi connectivity index (χ1v) is 6.23. The van der Waals surface area contributed by atoms with Crippen molar-refractivity contribution < 1.29 is 19.8 Å². The summed E-state index contributed by atoms with van der Waals surface area (Å²) in [5, 5.41) is 22.4. The molecule has 0 atom stereocenters. The number of aliphatic carboxylic acids is 1. The molecule has 0 radical (unpaired) electrons. The van der Waals surface area contributed by atoms with Gasteiger partial charge < -0.3 is 10.2 Å². The quantitative estimate of drug-likeness (QED) is 0.496. The summed E-state index contributed by atoms with van der Waals surface area (Å²) >= 11 is 0. The number of carbonyl (C=O) groups is 2. The van der Waals surface area contributed by atoms with Gasteiger partial charge in [0, 0.05) is 12.3 Å². The number of aliphatic hydroxyl groups excluding tert-OH is 1. The third-order valence-corrected chi connectivity index (χ3v) is 2.91. The highest BCUT2D eigenvalue weighted by Gasteiger charge is 2.13. The Hall–Kier alpha value is -2.89. The Morgan fingerprint density at radius 2 is 1.86 bits per heavy atom. The van der Waals surface area contributed by atoms with Gasteiger partial charge in [-0.3, -0.25) is 9.48 Å². The van der Waals surface area contributed by atoms with E-state index in [-0.39, 0.29) is 5.69 Å². The second-order valence-corrected chi connectivity index (χ2v) is 4.56. The lowest BCUT2D eigenvalue weighted by atomic mass is 10.1. The molecule has 1 aromatic carbocycles. The highest BCUT2D eigenvalue weighted by atomic mass is 16.4. The Bertz CT molecular complexity index is 699. The maximum absolute atomic E-state index is 11.1. The average molecular weight is 286 g/mol. The lowest BCUT2D eigenvalue weighted by Gasteiger charge is -2.07. The molecule has 2 N–H and O–H groups in total. The summed E-state index contributed by atoms with van der Waals surface area (Å²) in [5.41, 5.74) is 2.39. The van der Waals surface area contributed by atoms with E-state index in [0.29, 0.717) is 12.6 Å². The Labute approximate surface area is 121 Å². The first-order chi connectivity index (χ1) is 9.97. The van der Waals surface area contributed by atoms with Gasteiger partial charge in [-0.1, -0.05) is 29.8 Å². The lowest BCUT2D eigenvalue weighted by molar-refractivity contribution is -0.146. The molecular formula is C15H14N2O4. The number of rotatable bonds is 5. The number of aliphatic hydroxyl groups is 1. The van der Waals surface area contributed by atoms with Crippen LogP contribution >= 0.6 is 0 Å². The molecule has 0 saturated heterocycles. The van der Waals surface area contributed by atoms with Crippen molar-refractivity contribution >= 4 is 17.5 Å². The van der Waals surface area contributed by atoms with Crippen molar-refractivity contribution in [3.63, 3.8) is 0 Å². The predicted molar refractivity (Wildman–Crippen MR) is 75.8 cm³/mol. The van der Waals surface area contributed by atoms with Crippen molar-refractivity contribution in [3.8, 4) is 0 Å². The number of carbonyl (C=O) groups excluding carboxylic acids is 1. The molecule has 0 saturated carbocycles. The monoisotopic (exact) mass is 286 g/mol. The molecule has 0 aliphatic carbocycles. The highest BCUT2D eigenvalue weighted by Crippen LogP contribution is 2.13. The van der Waals surface area contributed by atoms with Crippen molar-refractivity contribution in [2.45, 2.75) is 13.5 Å². The minimum absolute atomic E-state index is 0.283. The molecular weight excluding hydrogens is 272 g/mol. The third kappa shape index (κ3) is 3.56. The Kier molecular flexibility index (Phi) is 4.18. The van der Waals surface area contributed by atoms with E-state index in [0.717, 1.165) is 11.1 Å². The van der Waals surface area contributed by atoms with Crippen LogP contribution in [0.2, 0.25) is 0 Å². The first-order valence-electron chi connectivity index (χ1n) is 6.23. The van der Waals surface area contributed by atoms with Gasteiger partial charge in [-0.05, 0) is 18.6 Å². The standard InChI is InChI=1S/C15H14N2O4/c1-10-2-4-11(5-3-10)9-17-12(6-7-16-17)13(18)8-14(19)15(20)21/h2-8,18H,9H2,1H3,(H,20,21). The fraction of sp³-hybridized carbons (Fsp3) is 0.133. The molecule has 0 aliphatic rings. The number of carboxylic acids is 1. The SMILES string of the molecule is Cc1ccc(Cn2nccc2C(O)=CC(=O)C(=O)O)cc1. The van der Waals surface area contributed by atoms with Crippen LogP contribution in [0.25, 0.3) is 5.76 Å². The molecule has 108 valence electrons. The summed E-state index contributed by atoms with van der Waals surface area (Å²) in [5.74, 6) is -3.23. The summed E-state index contributed by atoms with van der Waals surface area (Å²) in [6.45, 7) is 2.39. The molecule has 6 heteroatoms. The van der Waals surface area contributed by atoms with Crippen LogP contribution < -0.4 is 0 Å². The van der Waals surface area contributed by atoms with Gasteiger partial charge in [0.15, 0.2) is 0 Å². The van der Waals surface area contributed by atoms with Crippen LogP contribution in [-0.4, -0.2) is 31.7 Å². The van der Waals surface area contributed by atoms with Crippen molar-refractivity contribution in [1.29, 1.82) is 0 Å². The molecule has 21 heavy (non-hydrogen) atoms. The summed E-state index contributed by atoms with van der Waals surface area (Å²) in [6.07, 6.45) is 2.14. The van der Waals surface area contributed by atoms with E-state index in [1.807, 2.05) is 31.2 Å². The van der Waals surface area contributed by atoms with Crippen LogP contribution in [0.3, 0.4) is 0 Å². The molecule has 0 aliphatic heterocycles. The fourth-order valence-corrected chi connectivity index (χ4v) is 1.80. The topological polar surface area (TPSA) is 92.4 Å². The molecule has 0 bridgehead atoms. The Balaban J connectivity index is 2.24. The molecule has 0 fully saturated rings. The number of aromatic nitrogens is 2. The molecule has 2 aromatic rings. The minimum Gasteiger partial charge on any atom is -0.506 e. The number of hydrogen-bond acceptors (Lipinski definition) is 4. The zero-order chi connectivity index (χ0) is 15.4. The second-order valence-electron chi connectivity index (χ2n) is 4.56. The van der Waals surface area contributed by atoms with Crippen molar-refractivity contribution in [1.82, 2.24) is 9.78 Å². The molecule has 1 heterocycles. The van der Waals surface area contributed by atoms with Gasteiger partial charge in [0.25, 0.3) is 5.78 Å². The van der Waals surface area contributed by atoms with Crippen molar-refractivity contribution in [2.24, 2.45) is 0 Å². The Morgan fingerprint density at radius 1 is 1.19 bits per heavy atom. The predicted octanol–water partition coefficient (Wildman–Crippen LogP) is 1.79. The van der Waals surface area contributed by atoms with Crippen LogP contribution in [0.4, 0.5) is 0 Å². The summed E-state index contributed by atoms with van der Waals surface area (Å²) < 4.78 is 1.49. The molecule has 0 spiro atoms. The van der Waals surface area contributed by atoms with E-state index < -0.39 is 17.5 Å². The lowest BCUT2D eigenvalue weighted by Crippen LogP contribution is -2.11. The summed E-state index contributed by atoms with van der Waals surface area (Å²) in [4.78, 5) is 21.6. The van der Waals surface area contributed by atoms with E-state index in [1.165, 1.54) is 16.9 Å². The van der Waals surface area contributed by atoms with Crippen LogP contribution in [0, 0.1) is 6.92 Å². The van der Waals surface area contributed by atoms with Crippen LogP contribution in [-0.2, 0) is 16.1 Å². The van der Waals surface area contributed by atoms with E-state index in [1.54, 1.807) is 0 Å². The zero-order valence-electron chi connectivity index (χ0n) is 11.4. The molecule has 0 amide bonds. The normalized spacial score (nSPS) is 11.4. The van der Waals surface area contributed by atoms with Crippen molar-refractivity contribution in [3.05, 3.63) is 59.4 Å². The largest absolute Gasteiger partial charge is 0.506 e. The van der Waals surface area contributed by atoms with Gasteiger partial charge in [0.1, 0.15) is 11.5 Å².